The average molecular weight is 527 g/mol. The molecule has 0 radical (unpaired) electrons. The number of halogens is 2. The largest absolute Gasteiger partial charge is 0.465 e. The van der Waals surface area contributed by atoms with Crippen molar-refractivity contribution < 1.29 is 18.7 Å². The molecule has 0 saturated carbocycles. The molecule has 0 aliphatic carbocycles. The molecule has 0 atom stereocenters. The van der Waals surface area contributed by atoms with Gasteiger partial charge in [-0.3, -0.25) is 4.79 Å². The number of esters is 1. The number of allylic oxidation sites excluding steroid dienone is 1. The summed E-state index contributed by atoms with van der Waals surface area (Å²) in [5.74, 6) is -1.08. The third kappa shape index (κ3) is 5.95. The molecule has 6 heteroatoms. The Morgan fingerprint density at radius 3 is 2.26 bits per heavy atom. The highest BCUT2D eigenvalue weighted by atomic mass is 127. The van der Waals surface area contributed by atoms with Crippen LogP contribution in [-0.4, -0.2) is 24.6 Å². The maximum Gasteiger partial charge on any atom is 0.352 e. The first-order chi connectivity index (χ1) is 15.0. The Labute approximate surface area is 193 Å². The predicted octanol–water partition coefficient (Wildman–Crippen LogP) is 6.17. The Morgan fingerprint density at radius 1 is 0.935 bits per heavy atom. The summed E-state index contributed by atoms with van der Waals surface area (Å²) >= 11 is 2.12. The summed E-state index contributed by atoms with van der Waals surface area (Å²) in [6.45, 7) is 0. The number of para-hydroxylation sites is 1. The SMILES string of the molecule is COC(=O)C(CC=C(I)c1ccc(F)cc1)=Nc1ccccc1C(=O)c1ccccc1. The number of hydrogen-bond donors (Lipinski definition) is 0. The van der Waals surface area contributed by atoms with Gasteiger partial charge in [0.2, 0.25) is 0 Å². The quantitative estimate of drug-likeness (QED) is 0.160. The van der Waals surface area contributed by atoms with Crippen LogP contribution in [0.3, 0.4) is 0 Å². The highest BCUT2D eigenvalue weighted by molar-refractivity contribution is 14.1. The molecule has 0 aromatic heterocycles. The van der Waals surface area contributed by atoms with Crippen molar-refractivity contribution in [2.75, 3.05) is 7.11 Å². The number of methoxy groups -OCH3 is 1. The van der Waals surface area contributed by atoms with Crippen molar-refractivity contribution in [3.05, 3.63) is 107 Å². The Kier molecular flexibility index (Phi) is 7.83. The van der Waals surface area contributed by atoms with Gasteiger partial charge in [0, 0.05) is 21.1 Å². The van der Waals surface area contributed by atoms with Gasteiger partial charge in [0.15, 0.2) is 5.78 Å². The van der Waals surface area contributed by atoms with Crippen molar-refractivity contribution in [3.63, 3.8) is 0 Å². The average Bonchev–Trinajstić information content (AvgIpc) is 2.81. The Morgan fingerprint density at radius 2 is 1.58 bits per heavy atom. The van der Waals surface area contributed by atoms with Crippen LogP contribution in [0.2, 0.25) is 0 Å². The molecule has 3 rings (SSSR count). The molecule has 0 heterocycles. The summed E-state index contributed by atoms with van der Waals surface area (Å²) in [5, 5.41) is 0. The smallest absolute Gasteiger partial charge is 0.352 e. The fourth-order valence-electron chi connectivity index (χ4n) is 2.86. The standard InChI is InChI=1S/C25H19FINO3/c1-31-25(30)23(16-15-21(27)17-11-13-19(26)14-12-17)28-22-10-6-5-9-20(22)24(29)18-7-3-2-4-8-18/h2-15H,16H2,1H3. The zero-order valence-electron chi connectivity index (χ0n) is 16.7. The fourth-order valence-corrected chi connectivity index (χ4v) is 3.44. The maximum atomic E-state index is 13.2. The minimum Gasteiger partial charge on any atom is -0.465 e. The van der Waals surface area contributed by atoms with Crippen LogP contribution in [0.25, 0.3) is 3.58 Å². The topological polar surface area (TPSA) is 55.7 Å². The van der Waals surface area contributed by atoms with E-state index in [2.05, 4.69) is 27.6 Å². The van der Waals surface area contributed by atoms with Crippen molar-refractivity contribution in [2.45, 2.75) is 6.42 Å². The summed E-state index contributed by atoms with van der Waals surface area (Å²) in [6.07, 6.45) is 2.00. The normalized spacial score (nSPS) is 11.8. The number of nitrogens with zero attached hydrogens (tertiary/aromatic N) is 1. The first kappa shape index (κ1) is 22.6. The number of carbonyl (C=O) groups excluding carboxylic acids is 2. The lowest BCUT2D eigenvalue weighted by molar-refractivity contribution is -0.132. The van der Waals surface area contributed by atoms with Gasteiger partial charge in [-0.25, -0.2) is 14.2 Å². The van der Waals surface area contributed by atoms with E-state index in [0.29, 0.717) is 16.8 Å². The highest BCUT2D eigenvalue weighted by Crippen LogP contribution is 2.25. The van der Waals surface area contributed by atoms with Gasteiger partial charge in [0.1, 0.15) is 11.5 Å². The molecular formula is C25H19FINO3. The molecule has 3 aromatic carbocycles. The third-order valence-corrected chi connectivity index (χ3v) is 5.52. The van der Waals surface area contributed by atoms with E-state index < -0.39 is 5.97 Å². The second-order valence-electron chi connectivity index (χ2n) is 6.53. The Bertz CT molecular complexity index is 1140. The summed E-state index contributed by atoms with van der Waals surface area (Å²) in [5.41, 5.74) is 2.31. The van der Waals surface area contributed by atoms with Crippen molar-refractivity contribution in [1.29, 1.82) is 0 Å². The molecule has 0 unspecified atom stereocenters. The van der Waals surface area contributed by atoms with Crippen molar-refractivity contribution >= 4 is 49.3 Å². The van der Waals surface area contributed by atoms with Gasteiger partial charge in [-0.05, 0) is 52.4 Å². The second kappa shape index (κ2) is 10.8. The lowest BCUT2D eigenvalue weighted by Gasteiger charge is -2.08. The molecule has 0 amide bonds. The molecule has 0 saturated heterocycles. The van der Waals surface area contributed by atoms with Crippen molar-refractivity contribution in [3.8, 4) is 0 Å². The van der Waals surface area contributed by atoms with Crippen LogP contribution in [0.4, 0.5) is 10.1 Å². The van der Waals surface area contributed by atoms with E-state index in [0.717, 1.165) is 9.14 Å². The van der Waals surface area contributed by atoms with Crippen LogP contribution < -0.4 is 0 Å². The highest BCUT2D eigenvalue weighted by Gasteiger charge is 2.16. The molecule has 156 valence electrons. The molecule has 31 heavy (non-hydrogen) atoms. The van der Waals surface area contributed by atoms with Gasteiger partial charge in [0.05, 0.1) is 12.8 Å². The number of carbonyl (C=O) groups is 2. The predicted molar refractivity (Wildman–Crippen MR) is 128 cm³/mol. The van der Waals surface area contributed by atoms with E-state index in [4.69, 9.17) is 4.74 Å². The molecule has 0 aliphatic heterocycles. The van der Waals surface area contributed by atoms with E-state index in [1.54, 1.807) is 60.7 Å². The molecule has 0 aliphatic rings. The van der Waals surface area contributed by atoms with Crippen LogP contribution in [-0.2, 0) is 9.53 Å². The summed E-state index contributed by atoms with van der Waals surface area (Å²) in [7, 11) is 1.29. The molecule has 3 aromatic rings. The van der Waals surface area contributed by atoms with Crippen molar-refractivity contribution in [1.82, 2.24) is 0 Å². The zero-order chi connectivity index (χ0) is 22.2. The summed E-state index contributed by atoms with van der Waals surface area (Å²) in [4.78, 5) is 29.7. The van der Waals surface area contributed by atoms with Crippen LogP contribution in [0.5, 0.6) is 0 Å². The van der Waals surface area contributed by atoms with Gasteiger partial charge in [0.25, 0.3) is 0 Å². The lowest BCUT2D eigenvalue weighted by atomic mass is 10.0. The summed E-state index contributed by atoms with van der Waals surface area (Å²) in [6, 6.07) is 21.9. The van der Waals surface area contributed by atoms with Gasteiger partial charge in [-0.1, -0.05) is 60.7 Å². The van der Waals surface area contributed by atoms with Crippen LogP contribution >= 0.6 is 22.6 Å². The number of rotatable bonds is 7. The number of hydrogen-bond acceptors (Lipinski definition) is 4. The second-order valence-corrected chi connectivity index (χ2v) is 7.69. The fraction of sp³-hybridized carbons (Fsp3) is 0.0800. The van der Waals surface area contributed by atoms with Crippen molar-refractivity contribution in [2.24, 2.45) is 4.99 Å². The Hall–Kier alpha value is -3.13. The minimum absolute atomic E-state index is 0.159. The number of ketones is 1. The Balaban J connectivity index is 1.94. The monoisotopic (exact) mass is 527 g/mol. The van der Waals surface area contributed by atoms with E-state index in [1.807, 2.05) is 12.1 Å². The number of ether oxygens (including phenoxy) is 1. The van der Waals surface area contributed by atoms with Gasteiger partial charge >= 0.3 is 5.97 Å². The molecular weight excluding hydrogens is 508 g/mol. The van der Waals surface area contributed by atoms with Gasteiger partial charge < -0.3 is 4.74 Å². The number of benzene rings is 3. The van der Waals surface area contributed by atoms with E-state index in [-0.39, 0.29) is 23.7 Å². The molecule has 0 fully saturated rings. The van der Waals surface area contributed by atoms with Gasteiger partial charge in [-0.15, -0.1) is 0 Å². The lowest BCUT2D eigenvalue weighted by Crippen LogP contribution is -2.15. The van der Waals surface area contributed by atoms with Crippen LogP contribution in [0, 0.1) is 5.82 Å². The molecule has 4 nitrogen and oxygen atoms in total. The summed E-state index contributed by atoms with van der Waals surface area (Å²) < 4.78 is 18.9. The van der Waals surface area contributed by atoms with E-state index in [1.165, 1.54) is 19.2 Å². The van der Waals surface area contributed by atoms with E-state index in [9.17, 15) is 14.0 Å². The zero-order valence-corrected chi connectivity index (χ0v) is 18.9. The molecule has 0 spiro atoms. The third-order valence-electron chi connectivity index (χ3n) is 4.46. The first-order valence-electron chi connectivity index (χ1n) is 9.46. The van der Waals surface area contributed by atoms with E-state index >= 15 is 0 Å². The maximum absolute atomic E-state index is 13.2. The van der Waals surface area contributed by atoms with Crippen LogP contribution in [0.1, 0.15) is 27.9 Å². The number of aliphatic imine (C=N–C) groups is 1. The molecule has 0 N–H and O–H groups in total. The minimum atomic E-state index is -0.582. The van der Waals surface area contributed by atoms with Gasteiger partial charge in [-0.2, -0.15) is 0 Å². The first-order valence-corrected chi connectivity index (χ1v) is 10.5. The van der Waals surface area contributed by atoms with Crippen LogP contribution in [0.15, 0.2) is 89.9 Å². The molecule has 0 bridgehead atoms.